The minimum atomic E-state index is -0.625. The van der Waals surface area contributed by atoms with E-state index in [9.17, 15) is 9.59 Å². The van der Waals surface area contributed by atoms with Gasteiger partial charge in [0.05, 0.1) is 14.2 Å². The zero-order valence-electron chi connectivity index (χ0n) is 7.50. The summed E-state index contributed by atoms with van der Waals surface area (Å²) in [5.41, 5.74) is 0. The van der Waals surface area contributed by atoms with Crippen molar-refractivity contribution in [2.24, 2.45) is 0 Å². The Morgan fingerprint density at radius 1 is 1.38 bits per heavy atom. The molecule has 0 radical (unpaired) electrons. The summed E-state index contributed by atoms with van der Waals surface area (Å²) in [6, 6.07) is -0.616. The van der Waals surface area contributed by atoms with Crippen LogP contribution in [0, 0.1) is 0 Å². The summed E-state index contributed by atoms with van der Waals surface area (Å²) < 4.78 is 9.61. The normalized spacial score (nSPS) is 11.6. The fraction of sp³-hybridized carbons (Fsp3) is 0.714. The fourth-order valence-electron chi connectivity index (χ4n) is 0.701. The lowest BCUT2D eigenvalue weighted by atomic mass is 10.2. The molecule has 0 aliphatic heterocycles. The third-order valence-electron chi connectivity index (χ3n) is 1.36. The van der Waals surface area contributed by atoms with E-state index in [1.165, 1.54) is 14.2 Å². The number of hydrogen-bond donors (Lipinski definition) is 1. The van der Waals surface area contributed by atoms with Gasteiger partial charge in [-0.25, -0.2) is 9.59 Å². The van der Waals surface area contributed by atoms with Crippen LogP contribution in [-0.2, 0) is 14.3 Å². The highest BCUT2D eigenvalue weighted by Gasteiger charge is 2.20. The fourth-order valence-corrected chi connectivity index (χ4v) is 1.32. The first-order valence-electron chi connectivity index (χ1n) is 3.64. The van der Waals surface area contributed by atoms with Crippen molar-refractivity contribution in [1.82, 2.24) is 5.32 Å². The first-order chi connectivity index (χ1) is 6.15. The Morgan fingerprint density at radius 3 is 2.38 bits per heavy atom. The van der Waals surface area contributed by atoms with Gasteiger partial charge in [-0.15, -0.1) is 0 Å². The number of halogens is 1. The molecule has 0 spiro atoms. The van der Waals surface area contributed by atoms with E-state index in [0.29, 0.717) is 6.42 Å². The van der Waals surface area contributed by atoms with E-state index in [1.807, 2.05) is 0 Å². The maximum absolute atomic E-state index is 11.1. The zero-order valence-corrected chi connectivity index (χ0v) is 9.66. The molecule has 76 valence electrons. The Morgan fingerprint density at radius 2 is 2.00 bits per heavy atom. The lowest BCUT2D eigenvalue weighted by Gasteiger charge is -2.13. The molecule has 0 heterocycles. The van der Waals surface area contributed by atoms with Crippen molar-refractivity contribution in [3.05, 3.63) is 0 Å². The Bertz CT molecular complexity index is 185. The van der Waals surface area contributed by atoms with Gasteiger partial charge in [-0.2, -0.15) is 0 Å². The molecule has 0 aromatic rings. The molecule has 0 bridgehead atoms. The molecule has 13 heavy (non-hydrogen) atoms. The van der Waals surface area contributed by atoms with E-state index in [-0.39, 0.29) is 0 Å². The molecule has 0 saturated heterocycles. The molecule has 5 nitrogen and oxygen atoms in total. The van der Waals surface area contributed by atoms with Gasteiger partial charge in [0.15, 0.2) is 0 Å². The summed E-state index contributed by atoms with van der Waals surface area (Å²) in [4.78, 5) is 21.8. The van der Waals surface area contributed by atoms with E-state index < -0.39 is 18.1 Å². The second-order valence-electron chi connectivity index (χ2n) is 2.19. The minimum absolute atomic E-state index is 0.456. The largest absolute Gasteiger partial charge is 0.467 e. The van der Waals surface area contributed by atoms with Crippen LogP contribution in [0.4, 0.5) is 4.79 Å². The minimum Gasteiger partial charge on any atom is -0.467 e. The summed E-state index contributed by atoms with van der Waals surface area (Å²) in [5, 5.41) is 2.38. The number of hydrogen-bond acceptors (Lipinski definition) is 4. The topological polar surface area (TPSA) is 64.6 Å². The van der Waals surface area contributed by atoms with Crippen molar-refractivity contribution in [2.45, 2.75) is 12.5 Å². The molecular formula is C7H12INO4. The van der Waals surface area contributed by atoms with Crippen LogP contribution in [0.2, 0.25) is 0 Å². The van der Waals surface area contributed by atoms with Crippen LogP contribution in [-0.4, -0.2) is 36.8 Å². The molecule has 0 aromatic heterocycles. The standard InChI is InChI=1S/C7H12INO4/c1-12-6(10)5(3-4-8)9-7(11)13-2/h5H,3-4H2,1-2H3,(H,9,11)/t5-/m0/s1. The number of ether oxygens (including phenoxy) is 2. The number of methoxy groups -OCH3 is 2. The molecule has 1 atom stereocenters. The zero-order chi connectivity index (χ0) is 10.3. The van der Waals surface area contributed by atoms with Crippen LogP contribution in [0.1, 0.15) is 6.42 Å². The maximum atomic E-state index is 11.1. The number of rotatable bonds is 4. The molecule has 1 N–H and O–H groups in total. The van der Waals surface area contributed by atoms with Crippen molar-refractivity contribution in [2.75, 3.05) is 18.6 Å². The van der Waals surface area contributed by atoms with Gasteiger partial charge in [-0.1, -0.05) is 22.6 Å². The number of nitrogens with one attached hydrogen (secondary N) is 1. The Balaban J connectivity index is 4.08. The summed E-state index contributed by atoms with van der Waals surface area (Å²) in [7, 11) is 2.52. The smallest absolute Gasteiger partial charge is 0.407 e. The van der Waals surface area contributed by atoms with Crippen LogP contribution in [0.5, 0.6) is 0 Å². The Kier molecular flexibility index (Phi) is 6.65. The average molecular weight is 301 g/mol. The SMILES string of the molecule is COC(=O)N[C@@H](CCI)C(=O)OC. The van der Waals surface area contributed by atoms with Crippen LogP contribution < -0.4 is 5.32 Å². The van der Waals surface area contributed by atoms with E-state index in [1.54, 1.807) is 0 Å². The van der Waals surface area contributed by atoms with Crippen molar-refractivity contribution in [3.8, 4) is 0 Å². The van der Waals surface area contributed by atoms with Crippen LogP contribution >= 0.6 is 22.6 Å². The van der Waals surface area contributed by atoms with Crippen molar-refractivity contribution in [3.63, 3.8) is 0 Å². The third kappa shape index (κ3) is 4.91. The van der Waals surface area contributed by atoms with Crippen molar-refractivity contribution in [1.29, 1.82) is 0 Å². The number of alkyl halides is 1. The van der Waals surface area contributed by atoms with Gasteiger partial charge in [0, 0.05) is 4.43 Å². The van der Waals surface area contributed by atoms with E-state index in [4.69, 9.17) is 0 Å². The quantitative estimate of drug-likeness (QED) is 0.472. The van der Waals surface area contributed by atoms with Gasteiger partial charge < -0.3 is 14.8 Å². The average Bonchev–Trinajstić information content (AvgIpc) is 2.15. The Labute approximate surface area is 90.3 Å². The second-order valence-corrected chi connectivity index (χ2v) is 3.27. The summed E-state index contributed by atoms with van der Waals surface area (Å²) in [6.45, 7) is 0. The molecule has 6 heteroatoms. The highest BCUT2D eigenvalue weighted by Crippen LogP contribution is 1.99. The highest BCUT2D eigenvalue weighted by molar-refractivity contribution is 14.1. The second kappa shape index (κ2) is 6.93. The van der Waals surface area contributed by atoms with Gasteiger partial charge in [0.1, 0.15) is 6.04 Å². The van der Waals surface area contributed by atoms with Crippen LogP contribution in [0.25, 0.3) is 0 Å². The molecule has 1 amide bonds. The lowest BCUT2D eigenvalue weighted by molar-refractivity contribution is -0.143. The van der Waals surface area contributed by atoms with Gasteiger partial charge in [0.25, 0.3) is 0 Å². The third-order valence-corrected chi connectivity index (χ3v) is 1.98. The molecule has 0 fully saturated rings. The van der Waals surface area contributed by atoms with Crippen molar-refractivity contribution >= 4 is 34.7 Å². The van der Waals surface area contributed by atoms with Gasteiger partial charge in [-0.05, 0) is 6.42 Å². The van der Waals surface area contributed by atoms with E-state index in [0.717, 1.165) is 4.43 Å². The van der Waals surface area contributed by atoms with Gasteiger partial charge in [0.2, 0.25) is 0 Å². The number of carbonyl (C=O) groups excluding carboxylic acids is 2. The van der Waals surface area contributed by atoms with Crippen LogP contribution in [0.3, 0.4) is 0 Å². The number of esters is 1. The van der Waals surface area contributed by atoms with Gasteiger partial charge >= 0.3 is 12.1 Å². The molecule has 0 rings (SSSR count). The van der Waals surface area contributed by atoms with Crippen molar-refractivity contribution < 1.29 is 19.1 Å². The number of carbonyl (C=O) groups is 2. The molecule has 0 saturated carbocycles. The lowest BCUT2D eigenvalue weighted by Crippen LogP contribution is -2.41. The first-order valence-corrected chi connectivity index (χ1v) is 5.16. The summed E-state index contributed by atoms with van der Waals surface area (Å²) in [6.07, 6.45) is -0.0947. The first kappa shape index (κ1) is 12.5. The predicted molar refractivity (Wildman–Crippen MR) is 54.8 cm³/mol. The van der Waals surface area contributed by atoms with E-state index >= 15 is 0 Å². The monoisotopic (exact) mass is 301 g/mol. The predicted octanol–water partition coefficient (Wildman–Crippen LogP) is 0.709. The Hall–Kier alpha value is -0.530. The molecular weight excluding hydrogens is 289 g/mol. The molecule has 0 aromatic carbocycles. The summed E-state index contributed by atoms with van der Waals surface area (Å²) >= 11 is 2.11. The summed E-state index contributed by atoms with van der Waals surface area (Å²) in [5.74, 6) is -0.456. The number of alkyl carbamates (subject to hydrolysis) is 1. The highest BCUT2D eigenvalue weighted by atomic mass is 127. The van der Waals surface area contributed by atoms with Crippen LogP contribution in [0.15, 0.2) is 0 Å². The molecule has 0 unspecified atom stereocenters. The molecule has 0 aliphatic carbocycles. The van der Waals surface area contributed by atoms with E-state index in [2.05, 4.69) is 37.4 Å². The maximum Gasteiger partial charge on any atom is 0.407 e. The molecule has 0 aliphatic rings. The number of amides is 1. The van der Waals surface area contributed by atoms with Gasteiger partial charge in [-0.3, -0.25) is 0 Å².